The van der Waals surface area contributed by atoms with Gasteiger partial charge in [-0.1, -0.05) is 24.6 Å². The summed E-state index contributed by atoms with van der Waals surface area (Å²) in [6, 6.07) is 10.1. The van der Waals surface area contributed by atoms with E-state index >= 15 is 0 Å². The Morgan fingerprint density at radius 1 is 0.978 bits per heavy atom. The van der Waals surface area contributed by atoms with Gasteiger partial charge in [-0.25, -0.2) is 13.4 Å². The lowest BCUT2D eigenvalue weighted by Gasteiger charge is -2.43. The Morgan fingerprint density at radius 2 is 1.69 bits per heavy atom. The topological polar surface area (TPSA) is 112 Å². The van der Waals surface area contributed by atoms with E-state index in [1.165, 1.54) is 19.0 Å². The van der Waals surface area contributed by atoms with Crippen molar-refractivity contribution in [3.05, 3.63) is 52.7 Å². The van der Waals surface area contributed by atoms with Crippen LogP contribution >= 0.6 is 11.6 Å². The first-order valence-corrected chi connectivity index (χ1v) is 17.6. The molecule has 0 unspecified atom stereocenters. The van der Waals surface area contributed by atoms with Crippen LogP contribution in [0.5, 0.6) is 11.5 Å². The highest BCUT2D eigenvalue weighted by Gasteiger charge is 2.28. The Balaban J connectivity index is 1.32. The second-order valence-electron chi connectivity index (χ2n) is 11.7. The summed E-state index contributed by atoms with van der Waals surface area (Å²) in [4.78, 5) is 16.5. The molecule has 2 fully saturated rings. The van der Waals surface area contributed by atoms with Crippen LogP contribution in [0.2, 0.25) is 5.02 Å². The first-order chi connectivity index (χ1) is 21.6. The summed E-state index contributed by atoms with van der Waals surface area (Å²) in [6.07, 6.45) is 3.80. The molecule has 0 amide bonds. The number of hydrogen-bond donors (Lipinski definition) is 2. The molecular formula is C32H44ClN7O4S. The Labute approximate surface area is 271 Å². The van der Waals surface area contributed by atoms with Crippen molar-refractivity contribution in [3.63, 3.8) is 0 Å². The van der Waals surface area contributed by atoms with E-state index < -0.39 is 9.84 Å². The van der Waals surface area contributed by atoms with E-state index in [1.54, 1.807) is 32.2 Å². The van der Waals surface area contributed by atoms with Crippen molar-refractivity contribution < 1.29 is 17.9 Å². The Hall–Kier alpha value is -3.32. The molecule has 0 radical (unpaired) electrons. The molecular weight excluding hydrogens is 614 g/mol. The summed E-state index contributed by atoms with van der Waals surface area (Å²) < 4.78 is 36.3. The number of benzene rings is 2. The summed E-state index contributed by atoms with van der Waals surface area (Å²) in [5, 5.41) is 6.77. The van der Waals surface area contributed by atoms with Crippen molar-refractivity contribution in [3.8, 4) is 11.5 Å². The fraction of sp³-hybridized carbons (Fsp3) is 0.500. The molecule has 0 saturated carbocycles. The van der Waals surface area contributed by atoms with Crippen molar-refractivity contribution in [1.82, 2.24) is 19.8 Å². The molecule has 2 aliphatic rings. The van der Waals surface area contributed by atoms with Crippen molar-refractivity contribution >= 4 is 50.3 Å². The van der Waals surface area contributed by atoms with Crippen LogP contribution < -0.4 is 25.0 Å². The molecule has 13 heteroatoms. The van der Waals surface area contributed by atoms with Crippen LogP contribution in [0, 0.1) is 6.92 Å². The summed E-state index contributed by atoms with van der Waals surface area (Å²) in [6.45, 7) is 10.3. The van der Waals surface area contributed by atoms with E-state index in [4.69, 9.17) is 21.1 Å². The van der Waals surface area contributed by atoms with Crippen molar-refractivity contribution in [1.29, 1.82) is 0 Å². The van der Waals surface area contributed by atoms with Gasteiger partial charge in [-0.2, -0.15) is 4.98 Å². The minimum Gasteiger partial charge on any atom is -0.496 e. The maximum atomic E-state index is 12.5. The number of rotatable bonds is 11. The first-order valence-electron chi connectivity index (χ1n) is 15.4. The highest BCUT2D eigenvalue weighted by Crippen LogP contribution is 2.37. The van der Waals surface area contributed by atoms with Crippen LogP contribution in [-0.2, 0) is 15.6 Å². The van der Waals surface area contributed by atoms with Gasteiger partial charge >= 0.3 is 0 Å². The van der Waals surface area contributed by atoms with Crippen molar-refractivity contribution in [2.45, 2.75) is 38.5 Å². The van der Waals surface area contributed by atoms with Crippen LogP contribution in [-0.4, -0.2) is 101 Å². The third-order valence-electron chi connectivity index (χ3n) is 8.78. The first kappa shape index (κ1) is 33.1. The summed E-state index contributed by atoms with van der Waals surface area (Å²) in [5.41, 5.74) is 4.07. The van der Waals surface area contributed by atoms with Crippen LogP contribution in [0.3, 0.4) is 0 Å². The highest BCUT2D eigenvalue weighted by atomic mass is 35.5. The molecule has 2 saturated heterocycles. The quantitative estimate of drug-likeness (QED) is 0.287. The standard InChI is InChI=1S/C32H44ClN7O4S/c1-6-45(41,42)21-24-26(8-7-9-29(24)43-4)35-31-25(33)20-34-32(37-31)36-27-18-22(2)28(19-30(27)44-5)40-12-10-23(11-13-40)39-16-14-38(3)15-17-39/h7-9,18-20,23H,6,10-17,21H2,1-5H3,(H2,34,35,36,37). The summed E-state index contributed by atoms with van der Waals surface area (Å²) in [7, 11) is 2.04. The van der Waals surface area contributed by atoms with Gasteiger partial charge < -0.3 is 29.9 Å². The SMILES string of the molecule is CCS(=O)(=O)Cc1c(Nc2nc(Nc3cc(C)c(N4CCC(N5CCN(C)CC5)CC4)cc3OC)ncc2Cl)cccc1OC. The van der Waals surface area contributed by atoms with Gasteiger partial charge in [-0.05, 0) is 50.6 Å². The second-order valence-corrected chi connectivity index (χ2v) is 14.5. The van der Waals surface area contributed by atoms with Crippen LogP contribution in [0.4, 0.5) is 28.8 Å². The number of nitrogens with one attached hydrogen (secondary N) is 2. The number of piperidine rings is 1. The Bertz CT molecular complexity index is 1590. The van der Waals surface area contributed by atoms with E-state index in [1.807, 2.05) is 0 Å². The summed E-state index contributed by atoms with van der Waals surface area (Å²) >= 11 is 6.49. The molecule has 2 N–H and O–H groups in total. The number of hydrogen-bond acceptors (Lipinski definition) is 11. The Morgan fingerprint density at radius 3 is 2.36 bits per heavy atom. The fourth-order valence-corrected chi connectivity index (χ4v) is 7.13. The maximum absolute atomic E-state index is 12.5. The number of nitrogens with zero attached hydrogens (tertiary/aromatic N) is 5. The van der Waals surface area contributed by atoms with E-state index in [0.29, 0.717) is 40.6 Å². The van der Waals surface area contributed by atoms with E-state index in [2.05, 4.69) is 61.4 Å². The van der Waals surface area contributed by atoms with Gasteiger partial charge in [0.25, 0.3) is 0 Å². The van der Waals surface area contributed by atoms with E-state index in [-0.39, 0.29) is 16.5 Å². The minimum absolute atomic E-state index is 0.0156. The molecule has 45 heavy (non-hydrogen) atoms. The minimum atomic E-state index is -3.33. The smallest absolute Gasteiger partial charge is 0.229 e. The number of halogens is 1. The predicted octanol–water partition coefficient (Wildman–Crippen LogP) is 5.09. The van der Waals surface area contributed by atoms with Crippen LogP contribution in [0.25, 0.3) is 0 Å². The lowest BCUT2D eigenvalue weighted by molar-refractivity contribution is 0.0982. The average molecular weight is 658 g/mol. The number of anilines is 5. The number of aryl methyl sites for hydroxylation is 1. The highest BCUT2D eigenvalue weighted by molar-refractivity contribution is 7.90. The number of methoxy groups -OCH3 is 2. The predicted molar refractivity (Wildman–Crippen MR) is 182 cm³/mol. The fourth-order valence-electron chi connectivity index (χ4n) is 6.05. The molecule has 3 heterocycles. The van der Waals surface area contributed by atoms with Gasteiger partial charge in [0.15, 0.2) is 15.7 Å². The molecule has 2 aliphatic heterocycles. The molecule has 0 atom stereocenters. The van der Waals surface area contributed by atoms with Gasteiger partial charge in [0.1, 0.15) is 16.5 Å². The van der Waals surface area contributed by atoms with Gasteiger partial charge in [-0.15, -0.1) is 0 Å². The Kier molecular flexibility index (Phi) is 10.6. The number of piperazine rings is 1. The van der Waals surface area contributed by atoms with E-state index in [9.17, 15) is 8.42 Å². The molecule has 244 valence electrons. The number of ether oxygens (including phenoxy) is 2. The zero-order valence-corrected chi connectivity index (χ0v) is 28.3. The van der Waals surface area contributed by atoms with Gasteiger partial charge in [-0.3, -0.25) is 4.90 Å². The van der Waals surface area contributed by atoms with Crippen molar-refractivity contribution in [2.75, 3.05) is 81.8 Å². The monoisotopic (exact) mass is 657 g/mol. The van der Waals surface area contributed by atoms with Gasteiger partial charge in [0, 0.05) is 74.1 Å². The zero-order valence-electron chi connectivity index (χ0n) is 26.8. The molecule has 11 nitrogen and oxygen atoms in total. The molecule has 2 aromatic carbocycles. The average Bonchev–Trinajstić information content (AvgIpc) is 3.04. The second kappa shape index (κ2) is 14.4. The molecule has 3 aromatic rings. The number of sulfone groups is 1. The normalized spacial score (nSPS) is 16.9. The molecule has 0 bridgehead atoms. The third-order valence-corrected chi connectivity index (χ3v) is 10.7. The van der Waals surface area contributed by atoms with Gasteiger partial charge in [0.05, 0.1) is 31.9 Å². The van der Waals surface area contributed by atoms with Crippen LogP contribution in [0.15, 0.2) is 36.5 Å². The molecule has 0 aliphatic carbocycles. The molecule has 5 rings (SSSR count). The third kappa shape index (κ3) is 7.92. The largest absolute Gasteiger partial charge is 0.496 e. The summed E-state index contributed by atoms with van der Waals surface area (Å²) in [5.74, 6) is 1.62. The van der Waals surface area contributed by atoms with Crippen LogP contribution in [0.1, 0.15) is 30.9 Å². The maximum Gasteiger partial charge on any atom is 0.229 e. The number of likely N-dealkylation sites (N-methyl/N-ethyl adjacent to an activating group) is 1. The molecule has 0 spiro atoms. The lowest BCUT2D eigenvalue weighted by atomic mass is 10.0. The zero-order chi connectivity index (χ0) is 32.1. The van der Waals surface area contributed by atoms with Gasteiger partial charge in [0.2, 0.25) is 5.95 Å². The van der Waals surface area contributed by atoms with E-state index in [0.717, 1.165) is 63.4 Å². The lowest BCUT2D eigenvalue weighted by Crippen LogP contribution is -2.52. The van der Waals surface area contributed by atoms with Crippen molar-refractivity contribution in [2.24, 2.45) is 0 Å². The molecule has 1 aromatic heterocycles. The number of aromatic nitrogens is 2.